The first kappa shape index (κ1) is 92.1. The third-order valence-corrected chi connectivity index (χ3v) is 20.6. The van der Waals surface area contributed by atoms with Gasteiger partial charge in [0.2, 0.25) is 23.6 Å². The Morgan fingerprint density at radius 2 is 0.491 bits per heavy atom. The fourth-order valence-electron chi connectivity index (χ4n) is 14.7. The quantitative estimate of drug-likeness (QED) is 0.0331. The molecule has 28 N–H and O–H groups in total. The molecule has 9 aliphatic rings. The standard InChI is InChI=1S/C63H106N4O45/c1-15-29(64-16(2)76)38(85)49(24(10-72)97-15)106-56-30(65-17(3)77)39(86)52(27(13-75)102-56)109-61-48(95)53(110-63-55(45(92)36(83)23(9-71)101-63)112-58-32(67-19(5)79)41(88)51(26(12-74)104-58)108-60-47(94)43(90)34(81)21(7-69)99-60)37(84)28(105-61)14-96-62-54(44(91)35(82)22(8-70)100-62)111-57-31(66-18(4)78)40(87)50(25(11-73)103-57)107-59-46(93)42(89)33(80)20(6-68)98-59/h15,20-63,68-75,80-95H,6-14H2,1-5H3,(H,64,76)(H,65,77)(H,66,78)(H,67,79)/t15-,20?,21?,22?,23?,24?,25-,26?,27?,28?,29?,30?,31?,32?,33-,34-,35+,36+,37+,38+,39+,40?,41+,42-,43-,44-,45?,46?,47?,48?,49+,50+,51+,52+,53-,54?,55?,56-,57-,58-,59-,60-,61-,62-,63+/m0/s1. The number of nitrogens with one attached hydrogen (secondary N) is 4. The van der Waals surface area contributed by atoms with Crippen LogP contribution >= 0.6 is 0 Å². The second-order valence-electron chi connectivity index (χ2n) is 28.5. The van der Waals surface area contributed by atoms with Gasteiger partial charge in [-0.3, -0.25) is 19.2 Å². The average Bonchev–Trinajstić information content (AvgIpc) is 0.983. The van der Waals surface area contributed by atoms with E-state index in [0.717, 1.165) is 27.7 Å². The molecule has 0 bridgehead atoms. The van der Waals surface area contributed by atoms with Crippen LogP contribution in [0, 0.1) is 0 Å². The summed E-state index contributed by atoms with van der Waals surface area (Å²) in [5.74, 6) is -3.40. The lowest BCUT2D eigenvalue weighted by molar-refractivity contribution is -0.398. The summed E-state index contributed by atoms with van der Waals surface area (Å²) in [6, 6.07) is -6.90. The Morgan fingerprint density at radius 3 is 0.839 bits per heavy atom. The van der Waals surface area contributed by atoms with Gasteiger partial charge in [0.25, 0.3) is 0 Å². The summed E-state index contributed by atoms with van der Waals surface area (Å²) in [7, 11) is 0. The molecule has 9 fully saturated rings. The monoisotopic (exact) mass is 1640 g/mol. The van der Waals surface area contributed by atoms with Crippen molar-refractivity contribution in [3.05, 3.63) is 0 Å². The Morgan fingerprint density at radius 1 is 0.241 bits per heavy atom. The van der Waals surface area contributed by atoms with Gasteiger partial charge in [0, 0.05) is 27.7 Å². The fraction of sp³-hybridized carbons (Fsp3) is 0.937. The summed E-state index contributed by atoms with van der Waals surface area (Å²) in [6.45, 7) is -4.12. The smallest absolute Gasteiger partial charge is 0.217 e. The molecular weight excluding hydrogens is 1530 g/mol. The van der Waals surface area contributed by atoms with E-state index in [2.05, 4.69) is 21.3 Å². The van der Waals surface area contributed by atoms with Crippen LogP contribution in [0.5, 0.6) is 0 Å². The second-order valence-corrected chi connectivity index (χ2v) is 28.5. The summed E-state index contributed by atoms with van der Waals surface area (Å²) in [4.78, 5) is 51.1. The molecule has 112 heavy (non-hydrogen) atoms. The predicted molar refractivity (Wildman–Crippen MR) is 347 cm³/mol. The van der Waals surface area contributed by atoms with Gasteiger partial charge in [-0.2, -0.15) is 0 Å². The summed E-state index contributed by atoms with van der Waals surface area (Å²) >= 11 is 0. The minimum atomic E-state index is -2.55. The summed E-state index contributed by atoms with van der Waals surface area (Å²) in [5.41, 5.74) is 0. The first-order chi connectivity index (χ1) is 53.0. The van der Waals surface area contributed by atoms with Gasteiger partial charge in [0.15, 0.2) is 50.3 Å². The maximum absolute atomic E-state index is 13.0. The maximum atomic E-state index is 13.0. The van der Waals surface area contributed by atoms with Crippen LogP contribution in [0.2, 0.25) is 0 Å². The van der Waals surface area contributed by atoms with Gasteiger partial charge in [-0.25, -0.2) is 0 Å². The Labute approximate surface area is 635 Å². The van der Waals surface area contributed by atoms with Crippen molar-refractivity contribution in [1.29, 1.82) is 0 Å². The van der Waals surface area contributed by atoms with E-state index in [1.54, 1.807) is 0 Å². The number of aliphatic hydroxyl groups is 24. The van der Waals surface area contributed by atoms with Crippen LogP contribution in [0.3, 0.4) is 0 Å². The third-order valence-electron chi connectivity index (χ3n) is 20.6. The summed E-state index contributed by atoms with van der Waals surface area (Å²) < 4.78 is 101. The number of carbonyl (C=O) groups excluding carboxylic acids is 4. The van der Waals surface area contributed by atoms with Gasteiger partial charge in [-0.05, 0) is 6.92 Å². The van der Waals surface area contributed by atoms with Gasteiger partial charge in [-0.1, -0.05) is 0 Å². The molecule has 45 atom stereocenters. The van der Waals surface area contributed by atoms with E-state index < -0.39 is 359 Å². The molecule has 0 radical (unpaired) electrons. The van der Waals surface area contributed by atoms with Crippen LogP contribution in [0.25, 0.3) is 0 Å². The van der Waals surface area contributed by atoms with E-state index in [4.69, 9.17) is 80.5 Å². The molecule has 9 saturated heterocycles. The Balaban J connectivity index is 1.05. The van der Waals surface area contributed by atoms with Crippen molar-refractivity contribution >= 4 is 23.6 Å². The first-order valence-corrected chi connectivity index (χ1v) is 36.0. The second kappa shape index (κ2) is 40.3. The zero-order valence-electron chi connectivity index (χ0n) is 60.7. The van der Waals surface area contributed by atoms with E-state index in [0.29, 0.717) is 0 Å². The lowest BCUT2D eigenvalue weighted by Gasteiger charge is -2.51. The zero-order valence-corrected chi connectivity index (χ0v) is 60.7. The van der Waals surface area contributed by atoms with Crippen LogP contribution in [0.1, 0.15) is 34.6 Å². The first-order valence-electron chi connectivity index (χ1n) is 36.0. The Kier molecular flexibility index (Phi) is 33.2. The molecule has 9 aliphatic heterocycles. The van der Waals surface area contributed by atoms with Crippen molar-refractivity contribution in [2.75, 3.05) is 59.5 Å². The van der Waals surface area contributed by atoms with Gasteiger partial charge in [-0.15, -0.1) is 0 Å². The Bertz CT molecular complexity index is 2970. The highest BCUT2D eigenvalue weighted by Gasteiger charge is 2.61. The molecular formula is C63H106N4O45. The minimum absolute atomic E-state index is 0.628. The van der Waals surface area contributed by atoms with Crippen LogP contribution in [0.15, 0.2) is 0 Å². The van der Waals surface area contributed by atoms with Crippen molar-refractivity contribution in [1.82, 2.24) is 21.3 Å². The van der Waals surface area contributed by atoms with Crippen LogP contribution in [0.4, 0.5) is 0 Å². The molecule has 19 unspecified atom stereocenters. The van der Waals surface area contributed by atoms with Gasteiger partial charge < -0.3 is 224 Å². The highest BCUT2D eigenvalue weighted by atomic mass is 16.8. The highest BCUT2D eigenvalue weighted by molar-refractivity contribution is 5.74. The molecule has 0 aliphatic carbocycles. The van der Waals surface area contributed by atoms with E-state index in [9.17, 15) is 142 Å². The fourth-order valence-corrected chi connectivity index (χ4v) is 14.7. The Hall–Kier alpha value is -3.76. The van der Waals surface area contributed by atoms with Crippen molar-refractivity contribution in [3.63, 3.8) is 0 Å². The summed E-state index contributed by atoms with van der Waals surface area (Å²) in [5, 5.41) is 277. The van der Waals surface area contributed by atoms with Gasteiger partial charge >= 0.3 is 0 Å². The molecule has 9 heterocycles. The lowest BCUT2D eigenvalue weighted by atomic mass is 9.92. The van der Waals surface area contributed by atoms with E-state index in [1.165, 1.54) is 6.92 Å². The van der Waals surface area contributed by atoms with E-state index >= 15 is 0 Å². The van der Waals surface area contributed by atoms with Crippen molar-refractivity contribution in [2.45, 2.75) is 311 Å². The van der Waals surface area contributed by atoms with Gasteiger partial charge in [0.05, 0.1) is 71.6 Å². The number of carbonyl (C=O) groups is 4. The molecule has 9 rings (SSSR count). The van der Waals surface area contributed by atoms with Gasteiger partial charge in [0.1, 0.15) is 213 Å². The van der Waals surface area contributed by atoms with Crippen molar-refractivity contribution < 1.29 is 222 Å². The van der Waals surface area contributed by atoms with E-state index in [-0.39, 0.29) is 0 Å². The maximum Gasteiger partial charge on any atom is 0.217 e. The molecule has 0 saturated carbocycles. The molecule has 0 aromatic rings. The van der Waals surface area contributed by atoms with E-state index in [1.807, 2.05) is 0 Å². The number of ether oxygens (including phenoxy) is 17. The van der Waals surface area contributed by atoms with Crippen LogP contribution in [-0.2, 0) is 99.7 Å². The van der Waals surface area contributed by atoms with Crippen molar-refractivity contribution in [3.8, 4) is 0 Å². The van der Waals surface area contributed by atoms with Crippen molar-refractivity contribution in [2.24, 2.45) is 0 Å². The number of aliphatic hydroxyl groups excluding tert-OH is 24. The molecule has 0 spiro atoms. The average molecular weight is 1640 g/mol. The zero-order chi connectivity index (χ0) is 82.5. The molecule has 0 aromatic heterocycles. The highest BCUT2D eigenvalue weighted by Crippen LogP contribution is 2.40. The molecule has 49 nitrogen and oxygen atoms in total. The van der Waals surface area contributed by atoms with Crippen LogP contribution < -0.4 is 21.3 Å². The molecule has 49 heteroatoms. The number of hydrogen-bond acceptors (Lipinski definition) is 45. The predicted octanol–water partition coefficient (Wildman–Crippen LogP) is -19.0. The molecule has 4 amide bonds. The SMILES string of the molecule is CC(=O)NC1C(O)[C@H](O[C@@H]2OC(CO)[C@H](O)[C@H](O)C2O)[C@H](CO)O[C@H]1OC1[C@@H](OCC2O[C@@H](O[C@@H]3C(CO)O[C@@H](O[C@@H]4C(CO)O[C@@H](C)C(NC(C)=O)[C@H]4O)C(NC(C)=O)[C@H]3O)C(O)[C@@H](O[C@H]3OC(CO)[C@@H](O)C(O)C3O[C@@H]3OC(CO)[C@@H](O[C@@H]4OC(CO)[C@H](O)[C@H](O)C4O)[C@H](O)C3NC(C)=O)[C@@H]2O)OC(CO)[C@@H](O)[C@@H]1O. The molecule has 648 valence electrons. The van der Waals surface area contributed by atoms with Crippen LogP contribution in [-0.4, -0.2) is 482 Å². The third kappa shape index (κ3) is 20.2. The molecule has 0 aromatic carbocycles. The number of rotatable bonds is 29. The largest absolute Gasteiger partial charge is 0.394 e. The number of amides is 4. The minimum Gasteiger partial charge on any atom is -0.394 e. The normalized spacial score (nSPS) is 48.9. The lowest BCUT2D eigenvalue weighted by Crippen LogP contribution is -2.71. The summed E-state index contributed by atoms with van der Waals surface area (Å²) in [6.07, 6.45) is -82.9. The topological polar surface area (TPSA) is 759 Å². The number of hydrogen-bond donors (Lipinski definition) is 28.